The van der Waals surface area contributed by atoms with Crippen molar-refractivity contribution in [3.8, 4) is 5.75 Å². The van der Waals surface area contributed by atoms with E-state index < -0.39 is 11.0 Å². The maximum absolute atomic E-state index is 11.1. The highest BCUT2D eigenvalue weighted by atomic mass is 16.6. The molecule has 0 bridgehead atoms. The number of para-hydroxylation sites is 1. The predicted octanol–water partition coefficient (Wildman–Crippen LogP) is 2.99. The van der Waals surface area contributed by atoms with E-state index in [2.05, 4.69) is 5.32 Å². The number of aliphatic hydroxyl groups is 1. The highest BCUT2D eigenvalue weighted by Gasteiger charge is 2.19. The van der Waals surface area contributed by atoms with E-state index in [4.69, 9.17) is 4.74 Å². The Morgan fingerprint density at radius 1 is 1.26 bits per heavy atom. The fourth-order valence-electron chi connectivity index (χ4n) is 2.38. The molecule has 6 nitrogen and oxygen atoms in total. The Morgan fingerprint density at radius 2 is 2.00 bits per heavy atom. The predicted molar refractivity (Wildman–Crippen MR) is 87.5 cm³/mol. The Labute approximate surface area is 134 Å². The number of rotatable bonds is 7. The molecule has 0 aliphatic rings. The van der Waals surface area contributed by atoms with Gasteiger partial charge in [0.2, 0.25) is 0 Å². The van der Waals surface area contributed by atoms with Crippen LogP contribution in [0.4, 0.5) is 5.69 Å². The average Bonchev–Trinajstić information content (AvgIpc) is 2.59. The van der Waals surface area contributed by atoms with Crippen molar-refractivity contribution in [2.75, 3.05) is 13.7 Å². The highest BCUT2D eigenvalue weighted by molar-refractivity contribution is 5.41. The molecule has 2 atom stereocenters. The standard InChI is InChI=1S/C17H20N2O4/c1-12(15-8-3-4-9-16(15)19(21)22)18-11-17(20)13-6-5-7-14(10-13)23-2/h3-10,12,17-18,20H,11H2,1-2H3. The number of nitrogens with zero attached hydrogens (tertiary/aromatic N) is 1. The zero-order chi connectivity index (χ0) is 16.8. The van der Waals surface area contributed by atoms with E-state index in [-0.39, 0.29) is 18.3 Å². The number of aliphatic hydroxyl groups excluding tert-OH is 1. The fourth-order valence-corrected chi connectivity index (χ4v) is 2.38. The summed E-state index contributed by atoms with van der Waals surface area (Å²) >= 11 is 0. The maximum Gasteiger partial charge on any atom is 0.274 e. The Bertz CT molecular complexity index is 675. The molecular weight excluding hydrogens is 296 g/mol. The van der Waals surface area contributed by atoms with Crippen LogP contribution in [0.5, 0.6) is 5.75 Å². The molecule has 0 aliphatic heterocycles. The number of hydrogen-bond donors (Lipinski definition) is 2. The van der Waals surface area contributed by atoms with Gasteiger partial charge in [0.25, 0.3) is 5.69 Å². The van der Waals surface area contributed by atoms with Crippen LogP contribution in [0.1, 0.15) is 30.2 Å². The quantitative estimate of drug-likeness (QED) is 0.606. The first-order chi connectivity index (χ1) is 11.0. The summed E-state index contributed by atoms with van der Waals surface area (Å²) < 4.78 is 5.14. The lowest BCUT2D eigenvalue weighted by atomic mass is 10.0. The van der Waals surface area contributed by atoms with Crippen LogP contribution < -0.4 is 10.1 Å². The van der Waals surface area contributed by atoms with Crippen LogP contribution >= 0.6 is 0 Å². The van der Waals surface area contributed by atoms with Crippen molar-refractivity contribution in [2.24, 2.45) is 0 Å². The first-order valence-electron chi connectivity index (χ1n) is 7.31. The minimum atomic E-state index is -0.727. The summed E-state index contributed by atoms with van der Waals surface area (Å²) in [5.41, 5.74) is 1.39. The van der Waals surface area contributed by atoms with E-state index in [1.54, 1.807) is 37.4 Å². The van der Waals surface area contributed by atoms with Crippen LogP contribution in [-0.2, 0) is 0 Å². The second kappa shape index (κ2) is 7.71. The topological polar surface area (TPSA) is 84.6 Å². The zero-order valence-corrected chi connectivity index (χ0v) is 13.1. The minimum Gasteiger partial charge on any atom is -0.497 e. The number of hydrogen-bond acceptors (Lipinski definition) is 5. The Balaban J connectivity index is 2.04. The molecule has 0 spiro atoms. The van der Waals surface area contributed by atoms with E-state index in [0.29, 0.717) is 11.3 Å². The normalized spacial score (nSPS) is 13.3. The number of methoxy groups -OCH3 is 1. The van der Waals surface area contributed by atoms with Crippen molar-refractivity contribution < 1.29 is 14.8 Å². The molecule has 2 aromatic rings. The van der Waals surface area contributed by atoms with Gasteiger partial charge in [-0.3, -0.25) is 10.1 Å². The van der Waals surface area contributed by atoms with Crippen LogP contribution in [0, 0.1) is 10.1 Å². The maximum atomic E-state index is 11.1. The summed E-state index contributed by atoms with van der Waals surface area (Å²) in [7, 11) is 1.57. The lowest BCUT2D eigenvalue weighted by Crippen LogP contribution is -2.25. The van der Waals surface area contributed by atoms with Crippen LogP contribution in [0.3, 0.4) is 0 Å². The molecule has 2 N–H and O–H groups in total. The van der Waals surface area contributed by atoms with Gasteiger partial charge < -0.3 is 15.2 Å². The zero-order valence-electron chi connectivity index (χ0n) is 13.1. The smallest absolute Gasteiger partial charge is 0.274 e. The van der Waals surface area contributed by atoms with Gasteiger partial charge in [0.1, 0.15) is 5.75 Å². The summed E-state index contributed by atoms with van der Waals surface area (Å²) in [6.45, 7) is 2.11. The van der Waals surface area contributed by atoms with Crippen molar-refractivity contribution in [1.29, 1.82) is 0 Å². The molecule has 2 aromatic carbocycles. The highest BCUT2D eigenvalue weighted by Crippen LogP contribution is 2.25. The summed E-state index contributed by atoms with van der Waals surface area (Å²) in [6, 6.07) is 13.5. The molecule has 2 rings (SSSR count). The van der Waals surface area contributed by atoms with Crippen molar-refractivity contribution >= 4 is 5.69 Å². The van der Waals surface area contributed by atoms with Crippen LogP contribution in [-0.4, -0.2) is 23.7 Å². The molecule has 0 saturated carbocycles. The lowest BCUT2D eigenvalue weighted by Gasteiger charge is -2.18. The molecule has 23 heavy (non-hydrogen) atoms. The lowest BCUT2D eigenvalue weighted by molar-refractivity contribution is -0.385. The van der Waals surface area contributed by atoms with E-state index >= 15 is 0 Å². The van der Waals surface area contributed by atoms with Gasteiger partial charge in [0.15, 0.2) is 0 Å². The van der Waals surface area contributed by atoms with Gasteiger partial charge in [-0.05, 0) is 24.6 Å². The second-order valence-electron chi connectivity index (χ2n) is 5.24. The van der Waals surface area contributed by atoms with Gasteiger partial charge in [-0.25, -0.2) is 0 Å². The van der Waals surface area contributed by atoms with Crippen molar-refractivity contribution in [3.05, 3.63) is 69.8 Å². The van der Waals surface area contributed by atoms with E-state index in [0.717, 1.165) is 5.56 Å². The van der Waals surface area contributed by atoms with Crippen LogP contribution in [0.15, 0.2) is 48.5 Å². The van der Waals surface area contributed by atoms with Crippen LogP contribution in [0.2, 0.25) is 0 Å². The first kappa shape index (κ1) is 16.9. The summed E-state index contributed by atoms with van der Waals surface area (Å²) in [5, 5.41) is 24.5. The molecule has 0 radical (unpaired) electrons. The average molecular weight is 316 g/mol. The second-order valence-corrected chi connectivity index (χ2v) is 5.24. The molecule has 122 valence electrons. The van der Waals surface area contributed by atoms with Gasteiger partial charge >= 0.3 is 0 Å². The Hall–Kier alpha value is -2.44. The number of nitro groups is 1. The Morgan fingerprint density at radius 3 is 2.70 bits per heavy atom. The SMILES string of the molecule is COc1cccc(C(O)CNC(C)c2ccccc2[N+](=O)[O-])c1. The third kappa shape index (κ3) is 4.28. The molecule has 0 fully saturated rings. The fraction of sp³-hybridized carbons (Fsp3) is 0.294. The molecule has 0 saturated heterocycles. The monoisotopic (exact) mass is 316 g/mol. The van der Waals surface area contributed by atoms with Gasteiger partial charge in [-0.2, -0.15) is 0 Å². The van der Waals surface area contributed by atoms with Crippen molar-refractivity contribution in [3.63, 3.8) is 0 Å². The third-order valence-electron chi connectivity index (χ3n) is 3.70. The summed E-state index contributed by atoms with van der Waals surface area (Å²) in [4.78, 5) is 10.7. The first-order valence-corrected chi connectivity index (χ1v) is 7.31. The molecular formula is C17H20N2O4. The summed E-state index contributed by atoms with van der Waals surface area (Å²) in [6.07, 6.45) is -0.727. The number of benzene rings is 2. The van der Waals surface area contributed by atoms with Gasteiger partial charge in [0.05, 0.1) is 18.1 Å². The van der Waals surface area contributed by atoms with Gasteiger partial charge in [-0.1, -0.05) is 30.3 Å². The van der Waals surface area contributed by atoms with Gasteiger partial charge in [-0.15, -0.1) is 0 Å². The largest absolute Gasteiger partial charge is 0.497 e. The van der Waals surface area contributed by atoms with E-state index in [1.807, 2.05) is 19.1 Å². The Kier molecular flexibility index (Phi) is 5.67. The molecule has 2 unspecified atom stereocenters. The minimum absolute atomic E-state index is 0.0726. The molecule has 0 amide bonds. The summed E-state index contributed by atoms with van der Waals surface area (Å²) in [5.74, 6) is 0.674. The van der Waals surface area contributed by atoms with Crippen molar-refractivity contribution in [1.82, 2.24) is 5.32 Å². The number of ether oxygens (including phenoxy) is 1. The third-order valence-corrected chi connectivity index (χ3v) is 3.70. The molecule has 0 aromatic heterocycles. The van der Waals surface area contributed by atoms with E-state index in [1.165, 1.54) is 6.07 Å². The molecule has 0 aliphatic carbocycles. The number of nitro benzene ring substituents is 1. The molecule has 0 heterocycles. The van der Waals surface area contributed by atoms with Gasteiger partial charge in [0, 0.05) is 24.2 Å². The van der Waals surface area contributed by atoms with E-state index in [9.17, 15) is 15.2 Å². The van der Waals surface area contributed by atoms with Crippen molar-refractivity contribution in [2.45, 2.75) is 19.1 Å². The van der Waals surface area contributed by atoms with Crippen LogP contribution in [0.25, 0.3) is 0 Å². The molecule has 6 heteroatoms. The number of nitrogens with one attached hydrogen (secondary N) is 1.